The summed E-state index contributed by atoms with van der Waals surface area (Å²) in [6.45, 7) is 0.456. The lowest BCUT2D eigenvalue weighted by Crippen LogP contribution is -2.56. The van der Waals surface area contributed by atoms with E-state index < -0.39 is 37.0 Å². The van der Waals surface area contributed by atoms with Gasteiger partial charge < -0.3 is 9.64 Å². The Kier molecular flexibility index (Phi) is 5.98. The molecule has 0 radical (unpaired) electrons. The third kappa shape index (κ3) is 4.26. The van der Waals surface area contributed by atoms with E-state index in [0.717, 1.165) is 21.5 Å². The molecule has 9 nitrogen and oxygen atoms in total. The average molecular weight is 537 g/mol. The van der Waals surface area contributed by atoms with Gasteiger partial charge in [-0.1, -0.05) is 18.2 Å². The Morgan fingerprint density at radius 1 is 1.08 bits per heavy atom. The molecule has 12 heteroatoms. The number of hydrogen-bond acceptors (Lipinski definition) is 5. The number of carbonyl (C=O) groups is 1. The summed E-state index contributed by atoms with van der Waals surface area (Å²) in [5.41, 5.74) is 4.04. The van der Waals surface area contributed by atoms with Gasteiger partial charge in [-0.15, -0.1) is 0 Å². The molecule has 1 atom stereocenters. The second-order valence-corrected chi connectivity index (χ2v) is 9.36. The van der Waals surface area contributed by atoms with Gasteiger partial charge in [-0.25, -0.2) is 9.31 Å². The number of alkyl halides is 3. The van der Waals surface area contributed by atoms with E-state index in [0.29, 0.717) is 22.4 Å². The van der Waals surface area contributed by atoms with Crippen LogP contribution < -0.4 is 5.69 Å². The number of aryl methyl sites for hydroxylation is 1. The van der Waals surface area contributed by atoms with E-state index in [1.165, 1.54) is 9.13 Å². The smallest absolute Gasteiger partial charge is 0.377 e. The van der Waals surface area contributed by atoms with Gasteiger partial charge in [0.1, 0.15) is 6.54 Å². The minimum absolute atomic E-state index is 0.00119. The van der Waals surface area contributed by atoms with Crippen LogP contribution in [0.5, 0.6) is 0 Å². The van der Waals surface area contributed by atoms with E-state index >= 15 is 0 Å². The zero-order valence-electron chi connectivity index (χ0n) is 20.8. The molecule has 0 spiro atoms. The average Bonchev–Trinajstić information content (AvgIpc) is 3.48. The Balaban J connectivity index is 1.39. The summed E-state index contributed by atoms with van der Waals surface area (Å²) in [5.74, 6) is -0.801. The minimum atomic E-state index is -4.64. The van der Waals surface area contributed by atoms with Crippen LogP contribution in [-0.4, -0.2) is 66.5 Å². The number of ether oxygens (including phenoxy) is 1. The fraction of sp³-hybridized carbons (Fsp3) is 0.259. The standard InChI is InChI=1S/C27H23F3N6O3/c1-17-5-4-7-22-25(17)36(18-8-9-20(31-13-18)19-14-32-35-10-3-2-6-21(19)35)26(38)34(22)15-24(37)33-11-12-39-16-23(33)27(28,29)30/h2-10,13-14,23H,11-12,15-16H2,1H3/t23-/m0/s1. The van der Waals surface area contributed by atoms with Gasteiger partial charge in [0, 0.05) is 18.3 Å². The summed E-state index contributed by atoms with van der Waals surface area (Å²) in [6, 6.07) is 12.4. The van der Waals surface area contributed by atoms with Gasteiger partial charge in [-0.05, 0) is 42.8 Å². The van der Waals surface area contributed by atoms with Crippen LogP contribution >= 0.6 is 0 Å². The van der Waals surface area contributed by atoms with E-state index in [9.17, 15) is 22.8 Å². The topological polar surface area (TPSA) is 86.7 Å². The SMILES string of the molecule is Cc1cccc2c1n(-c1ccc(-c3cnn4ccccc34)nc1)c(=O)n2CC(=O)N1CCOC[C@H]1C(F)(F)F. The lowest BCUT2D eigenvalue weighted by molar-refractivity contribution is -0.213. The van der Waals surface area contributed by atoms with Crippen LogP contribution in [0, 0.1) is 6.92 Å². The van der Waals surface area contributed by atoms with Crippen LogP contribution in [0.2, 0.25) is 0 Å². The van der Waals surface area contributed by atoms with E-state index in [1.807, 2.05) is 37.4 Å². The van der Waals surface area contributed by atoms with Crippen LogP contribution in [0.4, 0.5) is 13.2 Å². The predicted molar refractivity (Wildman–Crippen MR) is 137 cm³/mol. The largest absolute Gasteiger partial charge is 0.411 e. The van der Waals surface area contributed by atoms with Crippen molar-refractivity contribution in [3.63, 3.8) is 0 Å². The first-order valence-electron chi connectivity index (χ1n) is 12.3. The maximum absolute atomic E-state index is 13.7. The highest BCUT2D eigenvalue weighted by molar-refractivity contribution is 5.85. The fourth-order valence-electron chi connectivity index (χ4n) is 5.07. The van der Waals surface area contributed by atoms with Gasteiger partial charge in [-0.2, -0.15) is 18.3 Å². The molecule has 0 bridgehead atoms. The van der Waals surface area contributed by atoms with E-state index in [1.54, 1.807) is 41.2 Å². The third-order valence-corrected chi connectivity index (χ3v) is 6.98. The van der Waals surface area contributed by atoms with Crippen molar-refractivity contribution >= 4 is 22.5 Å². The van der Waals surface area contributed by atoms with Gasteiger partial charge >= 0.3 is 11.9 Å². The van der Waals surface area contributed by atoms with Crippen LogP contribution in [0.3, 0.4) is 0 Å². The van der Waals surface area contributed by atoms with Crippen molar-refractivity contribution in [1.29, 1.82) is 0 Å². The number of pyridine rings is 2. The number of rotatable bonds is 4. The molecule has 1 aromatic carbocycles. The first kappa shape index (κ1) is 24.9. The molecule has 4 aromatic heterocycles. The maximum Gasteiger partial charge on any atom is 0.411 e. The zero-order chi connectivity index (χ0) is 27.3. The lowest BCUT2D eigenvalue weighted by Gasteiger charge is -2.36. The second kappa shape index (κ2) is 9.38. The molecule has 6 rings (SSSR count). The lowest BCUT2D eigenvalue weighted by atomic mass is 10.1. The normalized spacial score (nSPS) is 16.3. The first-order chi connectivity index (χ1) is 18.7. The highest BCUT2D eigenvalue weighted by atomic mass is 19.4. The Morgan fingerprint density at radius 3 is 2.67 bits per heavy atom. The molecule has 5 heterocycles. The Bertz CT molecular complexity index is 1750. The molecule has 1 saturated heterocycles. The van der Waals surface area contributed by atoms with Crippen molar-refractivity contribution in [1.82, 2.24) is 28.6 Å². The number of morpholine rings is 1. The summed E-state index contributed by atoms with van der Waals surface area (Å²) in [4.78, 5) is 32.1. The molecule has 0 saturated carbocycles. The second-order valence-electron chi connectivity index (χ2n) is 9.36. The minimum Gasteiger partial charge on any atom is -0.377 e. The van der Waals surface area contributed by atoms with E-state index in [2.05, 4.69) is 10.1 Å². The monoisotopic (exact) mass is 536 g/mol. The van der Waals surface area contributed by atoms with Crippen molar-refractivity contribution < 1.29 is 22.7 Å². The number of benzene rings is 1. The highest BCUT2D eigenvalue weighted by Gasteiger charge is 2.47. The zero-order valence-corrected chi connectivity index (χ0v) is 20.8. The maximum atomic E-state index is 13.7. The quantitative estimate of drug-likeness (QED) is 0.351. The molecule has 39 heavy (non-hydrogen) atoms. The van der Waals surface area contributed by atoms with Crippen LogP contribution in [0.15, 0.2) is 71.9 Å². The summed E-state index contributed by atoms with van der Waals surface area (Å²) < 4.78 is 50.1. The van der Waals surface area contributed by atoms with Crippen molar-refractivity contribution in [2.75, 3.05) is 19.8 Å². The van der Waals surface area contributed by atoms with Gasteiger partial charge in [0.2, 0.25) is 5.91 Å². The molecule has 200 valence electrons. The summed E-state index contributed by atoms with van der Waals surface area (Å²) in [5, 5.41) is 4.34. The van der Waals surface area contributed by atoms with Crippen molar-refractivity contribution in [2.45, 2.75) is 25.7 Å². The van der Waals surface area contributed by atoms with Crippen LogP contribution in [0.1, 0.15) is 5.56 Å². The number of aromatic nitrogens is 5. The fourth-order valence-corrected chi connectivity index (χ4v) is 5.07. The first-order valence-corrected chi connectivity index (χ1v) is 12.3. The summed E-state index contributed by atoms with van der Waals surface area (Å²) in [6.07, 6.45) is 0.466. The van der Waals surface area contributed by atoms with Gasteiger partial charge in [0.25, 0.3) is 0 Å². The van der Waals surface area contributed by atoms with Crippen molar-refractivity contribution in [2.24, 2.45) is 0 Å². The number of nitrogens with zero attached hydrogens (tertiary/aromatic N) is 6. The molecular weight excluding hydrogens is 513 g/mol. The number of amides is 1. The summed E-state index contributed by atoms with van der Waals surface area (Å²) in [7, 11) is 0. The predicted octanol–water partition coefficient (Wildman–Crippen LogP) is 3.60. The van der Waals surface area contributed by atoms with Crippen molar-refractivity contribution in [3.05, 3.63) is 83.2 Å². The van der Waals surface area contributed by atoms with Crippen LogP contribution in [0.25, 0.3) is 33.5 Å². The Labute approximate surface area is 219 Å². The number of carbonyl (C=O) groups excluding carboxylic acids is 1. The molecule has 5 aromatic rings. The molecule has 0 N–H and O–H groups in total. The molecule has 1 fully saturated rings. The molecule has 0 unspecified atom stereocenters. The number of fused-ring (bicyclic) bond motifs is 2. The molecule has 1 aliphatic rings. The molecular formula is C27H23F3N6O3. The summed E-state index contributed by atoms with van der Waals surface area (Å²) >= 11 is 0. The van der Waals surface area contributed by atoms with Gasteiger partial charge in [0.05, 0.1) is 53.5 Å². The third-order valence-electron chi connectivity index (χ3n) is 6.98. The Morgan fingerprint density at radius 2 is 1.90 bits per heavy atom. The van der Waals surface area contributed by atoms with E-state index in [4.69, 9.17) is 4.74 Å². The van der Waals surface area contributed by atoms with E-state index in [-0.39, 0.29) is 13.2 Å². The van der Waals surface area contributed by atoms with Gasteiger partial charge in [-0.3, -0.25) is 18.9 Å². The molecule has 1 aliphatic heterocycles. The number of para-hydroxylation sites is 1. The molecule has 0 aliphatic carbocycles. The van der Waals surface area contributed by atoms with Crippen molar-refractivity contribution in [3.8, 4) is 16.9 Å². The highest BCUT2D eigenvalue weighted by Crippen LogP contribution is 2.28. The van der Waals surface area contributed by atoms with Gasteiger partial charge in [0.15, 0.2) is 6.04 Å². The molecule has 1 amide bonds. The Hall–Kier alpha value is -4.45. The number of halogens is 3. The number of hydrogen-bond donors (Lipinski definition) is 0. The number of imidazole rings is 1. The van der Waals surface area contributed by atoms with Crippen LogP contribution in [-0.2, 0) is 16.1 Å².